The fourth-order valence-electron chi connectivity index (χ4n) is 4.19. The van der Waals surface area contributed by atoms with Gasteiger partial charge in [0.2, 0.25) is 15.9 Å². The molecule has 0 spiro atoms. The van der Waals surface area contributed by atoms with E-state index in [0.29, 0.717) is 48.0 Å². The minimum absolute atomic E-state index is 0.0525. The number of benzene rings is 3. The van der Waals surface area contributed by atoms with Gasteiger partial charge in [0.25, 0.3) is 0 Å². The van der Waals surface area contributed by atoms with E-state index in [2.05, 4.69) is 5.32 Å². The molecule has 0 bridgehead atoms. The molecule has 3 aromatic carbocycles. The van der Waals surface area contributed by atoms with Crippen molar-refractivity contribution >= 4 is 39.0 Å². The number of nitrogens with zero attached hydrogens (tertiary/aromatic N) is 1. The van der Waals surface area contributed by atoms with E-state index in [9.17, 15) is 18.0 Å². The zero-order valence-corrected chi connectivity index (χ0v) is 21.4. The summed E-state index contributed by atoms with van der Waals surface area (Å²) in [5.41, 5.74) is 1.09. The summed E-state index contributed by atoms with van der Waals surface area (Å²) in [6.45, 7) is 2.73. The van der Waals surface area contributed by atoms with Gasteiger partial charge in [-0.25, -0.2) is 8.42 Å². The molecule has 0 saturated carbocycles. The highest BCUT2D eigenvalue weighted by Crippen LogP contribution is 2.28. The largest absolute Gasteiger partial charge is 0.494 e. The summed E-state index contributed by atoms with van der Waals surface area (Å²) >= 11 is 6.14. The molecule has 1 atom stereocenters. The molecule has 3 aromatic rings. The summed E-state index contributed by atoms with van der Waals surface area (Å²) in [5, 5.41) is 3.21. The van der Waals surface area contributed by atoms with Gasteiger partial charge in [0, 0.05) is 29.2 Å². The molecule has 9 heteroatoms. The first-order valence-electron chi connectivity index (χ1n) is 11.7. The van der Waals surface area contributed by atoms with E-state index in [1.165, 1.54) is 22.5 Å². The minimum Gasteiger partial charge on any atom is -0.494 e. The summed E-state index contributed by atoms with van der Waals surface area (Å²) < 4.78 is 33.2. The maximum absolute atomic E-state index is 13.2. The molecular formula is C27H27ClN2O5S. The Kier molecular flexibility index (Phi) is 8.08. The van der Waals surface area contributed by atoms with Crippen LogP contribution in [0.1, 0.15) is 35.7 Å². The molecule has 7 nitrogen and oxygen atoms in total. The quantitative estimate of drug-likeness (QED) is 0.416. The van der Waals surface area contributed by atoms with E-state index in [-0.39, 0.29) is 28.7 Å². The number of amides is 1. The smallest absolute Gasteiger partial charge is 0.243 e. The highest BCUT2D eigenvalue weighted by Gasteiger charge is 2.33. The SMILES string of the molecule is CCOc1ccc(S(=O)(=O)N2CCC[C@@H](C(=O)Nc3ccc(Cl)cc3C(=O)c3ccccc3)C2)cc1. The zero-order valence-electron chi connectivity index (χ0n) is 19.8. The lowest BCUT2D eigenvalue weighted by Gasteiger charge is -2.31. The van der Waals surface area contributed by atoms with Crippen molar-refractivity contribution in [2.75, 3.05) is 25.0 Å². The molecule has 1 saturated heterocycles. The Morgan fingerprint density at radius 2 is 1.78 bits per heavy atom. The number of ketones is 1. The van der Waals surface area contributed by atoms with Crippen LogP contribution in [0.15, 0.2) is 77.7 Å². The van der Waals surface area contributed by atoms with E-state index in [1.54, 1.807) is 48.5 Å². The first-order valence-corrected chi connectivity index (χ1v) is 13.5. The number of hydrogen-bond acceptors (Lipinski definition) is 5. The Morgan fingerprint density at radius 1 is 1.06 bits per heavy atom. The Labute approximate surface area is 216 Å². The van der Waals surface area contributed by atoms with Crippen molar-refractivity contribution in [3.63, 3.8) is 0 Å². The van der Waals surface area contributed by atoms with Crippen LogP contribution in [0, 0.1) is 5.92 Å². The third-order valence-electron chi connectivity index (χ3n) is 6.05. The average Bonchev–Trinajstić information content (AvgIpc) is 2.90. The third kappa shape index (κ3) is 5.78. The molecule has 36 heavy (non-hydrogen) atoms. The number of hydrogen-bond donors (Lipinski definition) is 1. The number of anilines is 1. The Morgan fingerprint density at radius 3 is 2.47 bits per heavy atom. The topological polar surface area (TPSA) is 92.8 Å². The number of piperidine rings is 1. The molecule has 1 heterocycles. The lowest BCUT2D eigenvalue weighted by atomic mass is 9.97. The Bertz CT molecular complexity index is 1340. The number of ether oxygens (including phenoxy) is 1. The predicted molar refractivity (Wildman–Crippen MR) is 139 cm³/mol. The van der Waals surface area contributed by atoms with Crippen molar-refractivity contribution in [2.45, 2.75) is 24.7 Å². The highest BCUT2D eigenvalue weighted by molar-refractivity contribution is 7.89. The van der Waals surface area contributed by atoms with Crippen LogP contribution in [0.5, 0.6) is 5.75 Å². The van der Waals surface area contributed by atoms with Crippen molar-refractivity contribution in [3.05, 3.63) is 88.9 Å². The lowest BCUT2D eigenvalue weighted by Crippen LogP contribution is -2.43. The Hall–Kier alpha value is -3.20. The standard InChI is InChI=1S/C27H27ClN2O5S/c1-2-35-22-11-13-23(14-12-22)36(33,34)30-16-6-9-20(18-30)27(32)29-25-15-10-21(28)17-24(25)26(31)19-7-4-3-5-8-19/h3-5,7-8,10-15,17,20H,2,6,9,16,18H2,1H3,(H,29,32)/t20-/m1/s1. The second-order valence-electron chi connectivity index (χ2n) is 8.48. The number of sulfonamides is 1. The second-order valence-corrected chi connectivity index (χ2v) is 10.9. The molecule has 1 amide bonds. The lowest BCUT2D eigenvalue weighted by molar-refractivity contribution is -0.120. The molecule has 1 fully saturated rings. The molecule has 0 aliphatic carbocycles. The van der Waals surface area contributed by atoms with E-state index in [0.717, 1.165) is 0 Å². The average molecular weight is 527 g/mol. The van der Waals surface area contributed by atoms with Crippen molar-refractivity contribution in [1.82, 2.24) is 4.31 Å². The normalized spacial score (nSPS) is 16.3. The first-order chi connectivity index (χ1) is 17.3. The summed E-state index contributed by atoms with van der Waals surface area (Å²) in [4.78, 5) is 26.4. The summed E-state index contributed by atoms with van der Waals surface area (Å²) in [6, 6.07) is 19.7. The zero-order chi connectivity index (χ0) is 25.7. The van der Waals surface area contributed by atoms with Crippen LogP contribution in [-0.2, 0) is 14.8 Å². The minimum atomic E-state index is -3.77. The maximum Gasteiger partial charge on any atom is 0.243 e. The molecule has 0 radical (unpaired) electrons. The number of carbonyl (C=O) groups is 2. The van der Waals surface area contributed by atoms with Gasteiger partial charge < -0.3 is 10.1 Å². The molecule has 4 rings (SSSR count). The van der Waals surface area contributed by atoms with Gasteiger partial charge in [-0.05, 0) is 62.2 Å². The van der Waals surface area contributed by atoms with Crippen LogP contribution in [0.2, 0.25) is 5.02 Å². The monoisotopic (exact) mass is 526 g/mol. The van der Waals surface area contributed by atoms with Gasteiger partial charge in [-0.1, -0.05) is 41.9 Å². The molecule has 0 aromatic heterocycles. The molecule has 0 unspecified atom stereocenters. The van der Waals surface area contributed by atoms with Crippen LogP contribution in [0.25, 0.3) is 0 Å². The highest BCUT2D eigenvalue weighted by atomic mass is 35.5. The van der Waals surface area contributed by atoms with Crippen molar-refractivity contribution in [1.29, 1.82) is 0 Å². The Balaban J connectivity index is 1.50. The summed E-state index contributed by atoms with van der Waals surface area (Å²) in [7, 11) is -3.77. The fraction of sp³-hybridized carbons (Fsp3) is 0.259. The van der Waals surface area contributed by atoms with Crippen molar-refractivity contribution in [2.24, 2.45) is 5.92 Å². The van der Waals surface area contributed by atoms with Crippen LogP contribution >= 0.6 is 11.6 Å². The third-order valence-corrected chi connectivity index (χ3v) is 8.16. The van der Waals surface area contributed by atoms with Gasteiger partial charge in [0.15, 0.2) is 5.78 Å². The predicted octanol–water partition coefficient (Wildman–Crippen LogP) is 5.01. The van der Waals surface area contributed by atoms with E-state index < -0.39 is 15.9 Å². The molecule has 1 aliphatic rings. The number of carbonyl (C=O) groups excluding carboxylic acids is 2. The van der Waals surface area contributed by atoms with Crippen LogP contribution in [0.3, 0.4) is 0 Å². The van der Waals surface area contributed by atoms with Gasteiger partial charge in [0.1, 0.15) is 5.75 Å². The van der Waals surface area contributed by atoms with Crippen LogP contribution in [-0.4, -0.2) is 44.1 Å². The van der Waals surface area contributed by atoms with Gasteiger partial charge in [-0.3, -0.25) is 9.59 Å². The van der Waals surface area contributed by atoms with Crippen molar-refractivity contribution in [3.8, 4) is 5.75 Å². The van der Waals surface area contributed by atoms with E-state index in [4.69, 9.17) is 16.3 Å². The maximum atomic E-state index is 13.2. The van der Waals surface area contributed by atoms with Gasteiger partial charge in [-0.2, -0.15) is 4.31 Å². The van der Waals surface area contributed by atoms with Crippen molar-refractivity contribution < 1.29 is 22.7 Å². The number of rotatable bonds is 8. The van der Waals surface area contributed by atoms with Gasteiger partial charge in [-0.15, -0.1) is 0 Å². The van der Waals surface area contributed by atoms with Crippen LogP contribution < -0.4 is 10.1 Å². The van der Waals surface area contributed by atoms with E-state index >= 15 is 0 Å². The van der Waals surface area contributed by atoms with Gasteiger partial charge >= 0.3 is 0 Å². The summed E-state index contributed by atoms with van der Waals surface area (Å²) in [5.74, 6) is -0.578. The first kappa shape index (κ1) is 25.9. The second kappa shape index (κ2) is 11.2. The fourth-order valence-corrected chi connectivity index (χ4v) is 5.89. The number of halogens is 1. The van der Waals surface area contributed by atoms with Crippen LogP contribution in [0.4, 0.5) is 5.69 Å². The molecule has 1 aliphatic heterocycles. The molecule has 188 valence electrons. The number of nitrogens with one attached hydrogen (secondary N) is 1. The summed E-state index contributed by atoms with van der Waals surface area (Å²) in [6.07, 6.45) is 1.08. The molecular weight excluding hydrogens is 500 g/mol. The van der Waals surface area contributed by atoms with E-state index in [1.807, 2.05) is 13.0 Å². The molecule has 1 N–H and O–H groups in total. The van der Waals surface area contributed by atoms with Gasteiger partial charge in [0.05, 0.1) is 23.1 Å².